The van der Waals surface area contributed by atoms with E-state index in [1.165, 1.54) is 6.08 Å². The molecule has 0 saturated heterocycles. The first-order valence-corrected chi connectivity index (χ1v) is 2.91. The van der Waals surface area contributed by atoms with E-state index < -0.39 is 11.9 Å². The highest BCUT2D eigenvalue weighted by Gasteiger charge is 2.31. The van der Waals surface area contributed by atoms with Crippen LogP contribution in [0.1, 0.15) is 6.92 Å². The molecule has 60 valence electrons. The van der Waals surface area contributed by atoms with E-state index in [1.54, 1.807) is 6.92 Å². The van der Waals surface area contributed by atoms with Crippen molar-refractivity contribution in [3.05, 3.63) is 12.2 Å². The number of halogens is 4. The number of rotatable bonds is 2. The summed E-state index contributed by atoms with van der Waals surface area (Å²) in [6.07, 6.45) is -2.19. The van der Waals surface area contributed by atoms with Gasteiger partial charge < -0.3 is 0 Å². The molecule has 1 atom stereocenters. The van der Waals surface area contributed by atoms with Gasteiger partial charge in [-0.3, -0.25) is 4.74 Å². The zero-order valence-corrected chi connectivity index (χ0v) is 5.91. The Morgan fingerprint density at radius 3 is 2.30 bits per heavy atom. The topological polar surface area (TPSA) is 9.23 Å². The Bertz CT molecular complexity index is 121. The Balaban J connectivity index is 3.68. The summed E-state index contributed by atoms with van der Waals surface area (Å²) >= 11 is 5.04. The molecule has 0 radical (unpaired) electrons. The van der Waals surface area contributed by atoms with Gasteiger partial charge in [-0.2, -0.15) is 0 Å². The van der Waals surface area contributed by atoms with Gasteiger partial charge in [0.15, 0.2) is 5.56 Å². The SMILES string of the molecule is C/C=C\C(Cl)OC(F)(F)F. The first-order valence-electron chi connectivity index (χ1n) is 2.47. The van der Waals surface area contributed by atoms with E-state index in [9.17, 15) is 13.2 Å². The van der Waals surface area contributed by atoms with Crippen molar-refractivity contribution in [2.45, 2.75) is 18.8 Å². The van der Waals surface area contributed by atoms with Crippen molar-refractivity contribution in [3.8, 4) is 0 Å². The lowest BCUT2D eigenvalue weighted by molar-refractivity contribution is -0.326. The number of hydrogen-bond donors (Lipinski definition) is 0. The minimum atomic E-state index is -4.66. The minimum absolute atomic E-state index is 1.09. The summed E-state index contributed by atoms with van der Waals surface area (Å²) in [6.45, 7) is 1.55. The van der Waals surface area contributed by atoms with Crippen LogP contribution in [0.2, 0.25) is 0 Å². The largest absolute Gasteiger partial charge is 0.524 e. The van der Waals surface area contributed by atoms with Crippen LogP contribution in [0.5, 0.6) is 0 Å². The zero-order valence-electron chi connectivity index (χ0n) is 5.15. The van der Waals surface area contributed by atoms with Gasteiger partial charge in [0.05, 0.1) is 0 Å². The fourth-order valence-electron chi connectivity index (χ4n) is 0.318. The third kappa shape index (κ3) is 5.91. The van der Waals surface area contributed by atoms with Gasteiger partial charge in [-0.25, -0.2) is 0 Å². The van der Waals surface area contributed by atoms with Crippen molar-refractivity contribution < 1.29 is 17.9 Å². The first kappa shape index (κ1) is 9.78. The van der Waals surface area contributed by atoms with E-state index in [0.29, 0.717) is 0 Å². The van der Waals surface area contributed by atoms with Crippen molar-refractivity contribution in [1.82, 2.24) is 0 Å². The lowest BCUT2D eigenvalue weighted by Gasteiger charge is -2.08. The summed E-state index contributed by atoms with van der Waals surface area (Å²) in [5.74, 6) is 0. The standard InChI is InChI=1S/C5H6ClF3O/c1-2-3-4(6)10-5(7,8)9/h2-4H,1H3/b3-2-. The van der Waals surface area contributed by atoms with E-state index in [2.05, 4.69) is 4.74 Å². The Labute approximate surface area is 61.4 Å². The van der Waals surface area contributed by atoms with Gasteiger partial charge in [-0.15, -0.1) is 13.2 Å². The van der Waals surface area contributed by atoms with Gasteiger partial charge >= 0.3 is 6.36 Å². The molecular formula is C5H6ClF3O. The molecule has 5 heteroatoms. The monoisotopic (exact) mass is 174 g/mol. The number of hydrogen-bond acceptors (Lipinski definition) is 1. The molecule has 0 aliphatic carbocycles. The van der Waals surface area contributed by atoms with Crippen LogP contribution in [0.4, 0.5) is 13.2 Å². The quantitative estimate of drug-likeness (QED) is 0.462. The van der Waals surface area contributed by atoms with Gasteiger partial charge in [-0.05, 0) is 13.0 Å². The molecule has 1 nitrogen and oxygen atoms in total. The summed E-state index contributed by atoms with van der Waals surface area (Å²) in [7, 11) is 0. The summed E-state index contributed by atoms with van der Waals surface area (Å²) in [5, 5.41) is 0. The second-order valence-electron chi connectivity index (χ2n) is 1.44. The third-order valence-corrected chi connectivity index (χ3v) is 0.825. The predicted molar refractivity (Wildman–Crippen MR) is 31.6 cm³/mol. The highest BCUT2D eigenvalue weighted by atomic mass is 35.5. The van der Waals surface area contributed by atoms with E-state index in [4.69, 9.17) is 11.6 Å². The van der Waals surface area contributed by atoms with Crippen molar-refractivity contribution in [2.75, 3.05) is 0 Å². The van der Waals surface area contributed by atoms with Gasteiger partial charge in [0.25, 0.3) is 0 Å². The summed E-state index contributed by atoms with van der Waals surface area (Å²) < 4.78 is 37.2. The third-order valence-electron chi connectivity index (χ3n) is 0.590. The van der Waals surface area contributed by atoms with Gasteiger partial charge in [0.1, 0.15) is 0 Å². The Morgan fingerprint density at radius 1 is 1.50 bits per heavy atom. The number of ether oxygens (including phenoxy) is 1. The molecule has 0 amide bonds. The molecule has 0 fully saturated rings. The molecular weight excluding hydrogens is 169 g/mol. The average molecular weight is 175 g/mol. The van der Waals surface area contributed by atoms with E-state index in [1.807, 2.05) is 0 Å². The predicted octanol–water partition coefficient (Wildman–Crippen LogP) is 2.66. The Hall–Kier alpha value is -0.220. The van der Waals surface area contributed by atoms with Crippen LogP contribution in [0.15, 0.2) is 12.2 Å². The molecule has 0 saturated carbocycles. The zero-order chi connectivity index (χ0) is 8.20. The van der Waals surface area contributed by atoms with Crippen LogP contribution >= 0.6 is 11.6 Å². The van der Waals surface area contributed by atoms with Crippen molar-refractivity contribution in [3.63, 3.8) is 0 Å². The molecule has 0 aromatic rings. The fourth-order valence-corrected chi connectivity index (χ4v) is 0.565. The number of allylic oxidation sites excluding steroid dienone is 1. The van der Waals surface area contributed by atoms with Gasteiger partial charge in [-0.1, -0.05) is 17.7 Å². The second kappa shape index (κ2) is 3.83. The van der Waals surface area contributed by atoms with E-state index in [0.717, 1.165) is 6.08 Å². The molecule has 0 heterocycles. The molecule has 0 aliphatic heterocycles. The second-order valence-corrected chi connectivity index (χ2v) is 1.87. The maximum Gasteiger partial charge on any atom is 0.524 e. The molecule has 10 heavy (non-hydrogen) atoms. The van der Waals surface area contributed by atoms with Crippen LogP contribution < -0.4 is 0 Å². The summed E-state index contributed by atoms with van der Waals surface area (Å²) in [4.78, 5) is 0. The lowest BCUT2D eigenvalue weighted by Crippen LogP contribution is -2.17. The maximum atomic E-state index is 11.3. The van der Waals surface area contributed by atoms with Gasteiger partial charge in [0.2, 0.25) is 0 Å². The highest BCUT2D eigenvalue weighted by molar-refractivity contribution is 6.20. The molecule has 1 unspecified atom stereocenters. The van der Waals surface area contributed by atoms with Crippen LogP contribution in [0.25, 0.3) is 0 Å². The molecule has 0 aromatic carbocycles. The molecule has 0 spiro atoms. The van der Waals surface area contributed by atoms with Crippen molar-refractivity contribution in [1.29, 1.82) is 0 Å². The van der Waals surface area contributed by atoms with Gasteiger partial charge in [0, 0.05) is 0 Å². The van der Waals surface area contributed by atoms with Crippen LogP contribution in [-0.4, -0.2) is 11.9 Å². The smallest absolute Gasteiger partial charge is 0.269 e. The normalized spacial score (nSPS) is 16.1. The van der Waals surface area contributed by atoms with Crippen LogP contribution in [0, 0.1) is 0 Å². The van der Waals surface area contributed by atoms with E-state index >= 15 is 0 Å². The minimum Gasteiger partial charge on any atom is -0.269 e. The molecule has 0 aliphatic rings. The average Bonchev–Trinajstić information content (AvgIpc) is 1.59. The van der Waals surface area contributed by atoms with Crippen LogP contribution in [-0.2, 0) is 4.74 Å². The molecule has 0 rings (SSSR count). The first-order chi connectivity index (χ1) is 4.45. The molecule has 0 bridgehead atoms. The Morgan fingerprint density at radius 2 is 2.00 bits per heavy atom. The molecule has 0 aromatic heterocycles. The maximum absolute atomic E-state index is 11.3. The van der Waals surface area contributed by atoms with Crippen LogP contribution in [0.3, 0.4) is 0 Å². The summed E-state index contributed by atoms with van der Waals surface area (Å²) in [6, 6.07) is 0. The fraction of sp³-hybridized carbons (Fsp3) is 0.600. The lowest BCUT2D eigenvalue weighted by atomic mass is 10.5. The van der Waals surface area contributed by atoms with Crippen molar-refractivity contribution >= 4 is 11.6 Å². The number of alkyl halides is 4. The van der Waals surface area contributed by atoms with Crippen molar-refractivity contribution in [2.24, 2.45) is 0 Å². The highest BCUT2D eigenvalue weighted by Crippen LogP contribution is 2.20. The van der Waals surface area contributed by atoms with E-state index in [-0.39, 0.29) is 0 Å². The Kier molecular flexibility index (Phi) is 3.75. The summed E-state index contributed by atoms with van der Waals surface area (Å²) in [5.41, 5.74) is -1.43. The molecule has 0 N–H and O–H groups in total.